The molecule has 0 spiro atoms. The molecule has 0 aliphatic rings. The molecule has 0 bridgehead atoms. The molecule has 1 unspecified atom stereocenters. The molecule has 4 heteroatoms. The maximum atomic E-state index is 0. The summed E-state index contributed by atoms with van der Waals surface area (Å²) in [6, 6.07) is 0. The van der Waals surface area contributed by atoms with Crippen molar-refractivity contribution in [3.63, 3.8) is 0 Å². The van der Waals surface area contributed by atoms with Gasteiger partial charge in [-0.25, -0.2) is 0 Å². The fourth-order valence-electron chi connectivity index (χ4n) is 0. The molecule has 0 aromatic heterocycles. The Kier molecular flexibility index (Phi) is 209. The van der Waals surface area contributed by atoms with Crippen molar-refractivity contribution >= 4 is 58.8 Å². The van der Waals surface area contributed by atoms with E-state index in [-0.39, 0.29) is 68.2 Å². The van der Waals surface area contributed by atoms with E-state index in [4.69, 9.17) is 0 Å². The van der Waals surface area contributed by atoms with Crippen molar-refractivity contribution in [1.29, 1.82) is 0 Å². The average molecular weight is 209 g/mol. The average Bonchev–Trinajstić information content (AvgIpc) is 0. The van der Waals surface area contributed by atoms with Crippen LogP contribution in [0, 0.1) is 0 Å². The molecule has 0 saturated carbocycles. The third kappa shape index (κ3) is 9.12. The van der Waals surface area contributed by atoms with E-state index >= 15 is 0 Å². The second-order valence-corrected chi connectivity index (χ2v) is 0. The van der Waals surface area contributed by atoms with Crippen molar-refractivity contribution < 1.29 is 9.41 Å². The SMILES string of the molecule is P.[Ba+2].[F-].[F-]. The van der Waals surface area contributed by atoms with Crippen LogP contribution in [0.1, 0.15) is 0 Å². The summed E-state index contributed by atoms with van der Waals surface area (Å²) >= 11 is 0. The van der Waals surface area contributed by atoms with Gasteiger partial charge in [-0.1, -0.05) is 0 Å². The van der Waals surface area contributed by atoms with E-state index in [9.17, 15) is 0 Å². The predicted molar refractivity (Wildman–Crippen MR) is 16.9 cm³/mol. The van der Waals surface area contributed by atoms with Crippen LogP contribution < -0.4 is 9.41 Å². The molecule has 0 radical (unpaired) electrons. The first-order valence-corrected chi connectivity index (χ1v) is 0. The smallest absolute Gasteiger partial charge is 1.00 e. The van der Waals surface area contributed by atoms with E-state index in [0.717, 1.165) is 0 Å². The molecule has 1 atom stereocenters. The zero-order valence-electron chi connectivity index (χ0n) is 2.17. The third-order valence-electron chi connectivity index (χ3n) is 0. The number of halogens is 2. The molecule has 0 aromatic rings. The summed E-state index contributed by atoms with van der Waals surface area (Å²) in [7, 11) is 0. The second kappa shape index (κ2) is 20.9. The van der Waals surface area contributed by atoms with Crippen LogP contribution in [0.4, 0.5) is 0 Å². The van der Waals surface area contributed by atoms with Gasteiger partial charge >= 0.3 is 48.9 Å². The van der Waals surface area contributed by atoms with Crippen LogP contribution in [-0.4, -0.2) is 48.9 Å². The summed E-state index contributed by atoms with van der Waals surface area (Å²) in [5, 5.41) is 0. The summed E-state index contributed by atoms with van der Waals surface area (Å²) in [6.07, 6.45) is 0. The number of rotatable bonds is 0. The fourth-order valence-corrected chi connectivity index (χ4v) is 0. The Morgan fingerprint density at radius 1 is 0.750 bits per heavy atom. The van der Waals surface area contributed by atoms with E-state index in [1.807, 2.05) is 0 Å². The molecule has 0 fully saturated rings. The fraction of sp³-hybridized carbons (Fsp3) is 0. The summed E-state index contributed by atoms with van der Waals surface area (Å²) in [5.74, 6) is 0. The molecule has 4 heavy (non-hydrogen) atoms. The van der Waals surface area contributed by atoms with Crippen molar-refractivity contribution in [1.82, 2.24) is 0 Å². The minimum atomic E-state index is 0. The molecular weight excluding hydrogens is 206 g/mol. The Hall–Kier alpha value is 1.86. The molecular formula is H3BaF2P. The summed E-state index contributed by atoms with van der Waals surface area (Å²) in [5.41, 5.74) is 0. The van der Waals surface area contributed by atoms with Crippen molar-refractivity contribution in [3.05, 3.63) is 0 Å². The Morgan fingerprint density at radius 3 is 0.750 bits per heavy atom. The molecule has 0 saturated heterocycles. The Morgan fingerprint density at radius 2 is 0.750 bits per heavy atom. The van der Waals surface area contributed by atoms with Crippen LogP contribution in [0.25, 0.3) is 0 Å². The van der Waals surface area contributed by atoms with Gasteiger partial charge in [0.2, 0.25) is 0 Å². The van der Waals surface area contributed by atoms with E-state index in [1.165, 1.54) is 0 Å². The Labute approximate surface area is 67.2 Å². The van der Waals surface area contributed by atoms with Crippen LogP contribution in [-0.2, 0) is 0 Å². The van der Waals surface area contributed by atoms with E-state index in [2.05, 4.69) is 0 Å². The monoisotopic (exact) mass is 210 g/mol. The second-order valence-electron chi connectivity index (χ2n) is 0. The van der Waals surface area contributed by atoms with Gasteiger partial charge in [0.25, 0.3) is 0 Å². The minimum absolute atomic E-state index is 0. The molecule has 0 heterocycles. The molecule has 0 nitrogen and oxygen atoms in total. The molecule has 0 aliphatic heterocycles. The van der Waals surface area contributed by atoms with Gasteiger partial charge in [0.1, 0.15) is 0 Å². The topological polar surface area (TPSA) is 0 Å². The molecule has 0 amide bonds. The number of hydrogen-bond acceptors (Lipinski definition) is 0. The van der Waals surface area contributed by atoms with Crippen LogP contribution in [0.5, 0.6) is 0 Å². The summed E-state index contributed by atoms with van der Waals surface area (Å²) < 4.78 is 0. The van der Waals surface area contributed by atoms with Gasteiger partial charge < -0.3 is 9.41 Å². The number of hydrogen-bond donors (Lipinski definition) is 0. The standard InChI is InChI=1S/Ba.2FH.H3P/h;2*1H;1H3/q+2;;;/p-2. The Bertz CT molecular complexity index is 6.00. The van der Waals surface area contributed by atoms with Crippen LogP contribution in [0.15, 0.2) is 0 Å². The zero-order chi connectivity index (χ0) is 0. The van der Waals surface area contributed by atoms with E-state index in [0.29, 0.717) is 0 Å². The van der Waals surface area contributed by atoms with Gasteiger partial charge in [0.05, 0.1) is 0 Å². The van der Waals surface area contributed by atoms with Crippen molar-refractivity contribution in [3.8, 4) is 0 Å². The predicted octanol–water partition coefficient (Wildman–Crippen LogP) is -6.31. The van der Waals surface area contributed by atoms with E-state index in [1.54, 1.807) is 0 Å². The van der Waals surface area contributed by atoms with Gasteiger partial charge in [0.15, 0.2) is 0 Å². The van der Waals surface area contributed by atoms with Gasteiger partial charge in [-0.2, -0.15) is 9.90 Å². The molecule has 0 aliphatic carbocycles. The quantitative estimate of drug-likeness (QED) is 0.275. The first-order chi connectivity index (χ1) is 0. The normalized spacial score (nSPS) is 0. The first kappa shape index (κ1) is 40.0. The van der Waals surface area contributed by atoms with Gasteiger partial charge in [-0.15, -0.1) is 0 Å². The minimum Gasteiger partial charge on any atom is -1.00 e. The molecule has 24 valence electrons. The van der Waals surface area contributed by atoms with Gasteiger partial charge in [0, 0.05) is 0 Å². The van der Waals surface area contributed by atoms with Gasteiger partial charge in [-0.3, -0.25) is 0 Å². The molecule has 0 aromatic carbocycles. The van der Waals surface area contributed by atoms with Crippen LogP contribution >= 0.6 is 9.90 Å². The van der Waals surface area contributed by atoms with Crippen molar-refractivity contribution in [2.45, 2.75) is 0 Å². The van der Waals surface area contributed by atoms with Crippen molar-refractivity contribution in [2.24, 2.45) is 0 Å². The van der Waals surface area contributed by atoms with Crippen molar-refractivity contribution in [2.75, 3.05) is 0 Å². The first-order valence-electron chi connectivity index (χ1n) is 0. The maximum absolute atomic E-state index is 0. The third-order valence-corrected chi connectivity index (χ3v) is 0. The largest absolute Gasteiger partial charge is 2.00 e. The van der Waals surface area contributed by atoms with Crippen LogP contribution in [0.3, 0.4) is 0 Å². The zero-order valence-corrected chi connectivity index (χ0v) is 8.03. The maximum Gasteiger partial charge on any atom is 2.00 e. The van der Waals surface area contributed by atoms with E-state index < -0.39 is 0 Å². The van der Waals surface area contributed by atoms with Crippen LogP contribution in [0.2, 0.25) is 0 Å². The summed E-state index contributed by atoms with van der Waals surface area (Å²) in [4.78, 5) is 0. The summed E-state index contributed by atoms with van der Waals surface area (Å²) in [6.45, 7) is 0. The Balaban J connectivity index is 0. The molecule has 0 rings (SSSR count). The molecule has 0 N–H and O–H groups in total. The van der Waals surface area contributed by atoms with Gasteiger partial charge in [-0.05, 0) is 0 Å².